The summed E-state index contributed by atoms with van der Waals surface area (Å²) in [5, 5.41) is 13.7. The Bertz CT molecular complexity index is 539. The van der Waals surface area contributed by atoms with Crippen molar-refractivity contribution in [1.29, 1.82) is 0 Å². The molecule has 0 aliphatic heterocycles. The average molecular weight is 276 g/mol. The Hall–Kier alpha value is -1.88. The van der Waals surface area contributed by atoms with E-state index < -0.39 is 6.10 Å². The van der Waals surface area contributed by atoms with Crippen molar-refractivity contribution in [2.45, 2.75) is 39.2 Å². The van der Waals surface area contributed by atoms with Crippen molar-refractivity contribution in [3.63, 3.8) is 0 Å². The smallest absolute Gasteiger partial charge is 0.229 e. The summed E-state index contributed by atoms with van der Waals surface area (Å²) in [7, 11) is 0. The lowest BCUT2D eigenvalue weighted by Gasteiger charge is -2.04. The topological polar surface area (TPSA) is 68.4 Å². The number of rotatable bonds is 7. The van der Waals surface area contributed by atoms with Crippen molar-refractivity contribution in [2.75, 3.05) is 6.61 Å². The Balaban J connectivity index is 2.10. The minimum Gasteiger partial charge on any atom is -0.494 e. The molecule has 0 saturated heterocycles. The van der Waals surface area contributed by atoms with E-state index >= 15 is 0 Å². The van der Waals surface area contributed by atoms with Crippen LogP contribution in [0.3, 0.4) is 0 Å². The Kier molecular flexibility index (Phi) is 5.12. The fourth-order valence-electron chi connectivity index (χ4n) is 1.98. The van der Waals surface area contributed by atoms with Gasteiger partial charge in [0, 0.05) is 5.56 Å². The van der Waals surface area contributed by atoms with E-state index in [9.17, 15) is 5.11 Å². The van der Waals surface area contributed by atoms with Crippen molar-refractivity contribution in [3.05, 3.63) is 30.2 Å². The molecule has 0 fully saturated rings. The lowest BCUT2D eigenvalue weighted by molar-refractivity contribution is 0.152. The SMILES string of the molecule is CCCC(O)Cc1nc(-c2cccc(OCC)c2)no1. The van der Waals surface area contributed by atoms with Crippen LogP contribution < -0.4 is 4.74 Å². The molecule has 0 aliphatic rings. The monoisotopic (exact) mass is 276 g/mol. The zero-order valence-electron chi connectivity index (χ0n) is 11.9. The van der Waals surface area contributed by atoms with Gasteiger partial charge in [-0.1, -0.05) is 30.6 Å². The van der Waals surface area contributed by atoms with Crippen molar-refractivity contribution in [1.82, 2.24) is 10.1 Å². The van der Waals surface area contributed by atoms with Gasteiger partial charge in [-0.05, 0) is 25.5 Å². The van der Waals surface area contributed by atoms with Gasteiger partial charge < -0.3 is 14.4 Å². The molecular formula is C15H20N2O3. The summed E-state index contributed by atoms with van der Waals surface area (Å²) in [6, 6.07) is 7.56. The van der Waals surface area contributed by atoms with Gasteiger partial charge in [0.2, 0.25) is 11.7 Å². The zero-order valence-corrected chi connectivity index (χ0v) is 11.9. The molecule has 0 spiro atoms. The Morgan fingerprint density at radius 2 is 2.20 bits per heavy atom. The van der Waals surface area contributed by atoms with E-state index in [4.69, 9.17) is 9.26 Å². The van der Waals surface area contributed by atoms with Gasteiger partial charge in [0.25, 0.3) is 0 Å². The number of ether oxygens (including phenoxy) is 1. The Morgan fingerprint density at radius 3 is 2.95 bits per heavy atom. The summed E-state index contributed by atoms with van der Waals surface area (Å²) >= 11 is 0. The Labute approximate surface area is 118 Å². The van der Waals surface area contributed by atoms with E-state index in [2.05, 4.69) is 10.1 Å². The van der Waals surface area contributed by atoms with Gasteiger partial charge in [-0.25, -0.2) is 0 Å². The maximum Gasteiger partial charge on any atom is 0.229 e. The summed E-state index contributed by atoms with van der Waals surface area (Å²) in [6.07, 6.45) is 1.63. The van der Waals surface area contributed by atoms with Gasteiger partial charge in [0.05, 0.1) is 19.1 Å². The predicted octanol–water partition coefficient (Wildman–Crippen LogP) is 2.84. The summed E-state index contributed by atoms with van der Waals surface area (Å²) in [4.78, 5) is 4.31. The number of aliphatic hydroxyl groups is 1. The minimum absolute atomic E-state index is 0.395. The highest BCUT2D eigenvalue weighted by Crippen LogP contribution is 2.22. The zero-order chi connectivity index (χ0) is 14.4. The second-order valence-electron chi connectivity index (χ2n) is 4.62. The highest BCUT2D eigenvalue weighted by Gasteiger charge is 2.13. The molecule has 1 N–H and O–H groups in total. The molecule has 0 saturated carbocycles. The minimum atomic E-state index is -0.428. The quantitative estimate of drug-likeness (QED) is 0.842. The van der Waals surface area contributed by atoms with Crippen LogP contribution in [0.25, 0.3) is 11.4 Å². The van der Waals surface area contributed by atoms with Crippen LogP contribution in [0.4, 0.5) is 0 Å². The molecule has 1 aromatic heterocycles. The van der Waals surface area contributed by atoms with Crippen LogP contribution in [-0.4, -0.2) is 28.0 Å². The van der Waals surface area contributed by atoms with Gasteiger partial charge >= 0.3 is 0 Å². The molecular weight excluding hydrogens is 256 g/mol. The summed E-state index contributed by atoms with van der Waals surface area (Å²) in [5.41, 5.74) is 0.843. The third-order valence-electron chi connectivity index (χ3n) is 2.90. The highest BCUT2D eigenvalue weighted by atomic mass is 16.5. The van der Waals surface area contributed by atoms with E-state index in [0.29, 0.717) is 24.7 Å². The first-order chi connectivity index (χ1) is 9.72. The number of aromatic nitrogens is 2. The second kappa shape index (κ2) is 7.05. The number of aliphatic hydroxyl groups excluding tert-OH is 1. The molecule has 0 radical (unpaired) electrons. The van der Waals surface area contributed by atoms with E-state index in [-0.39, 0.29) is 0 Å². The molecule has 2 rings (SSSR count). The molecule has 0 aliphatic carbocycles. The van der Waals surface area contributed by atoms with E-state index in [1.54, 1.807) is 0 Å². The summed E-state index contributed by atoms with van der Waals surface area (Å²) in [6.45, 7) is 4.58. The number of hydrogen-bond acceptors (Lipinski definition) is 5. The fraction of sp³-hybridized carbons (Fsp3) is 0.467. The van der Waals surface area contributed by atoms with Crippen molar-refractivity contribution >= 4 is 0 Å². The lowest BCUT2D eigenvalue weighted by atomic mass is 10.1. The van der Waals surface area contributed by atoms with Crippen molar-refractivity contribution in [2.24, 2.45) is 0 Å². The lowest BCUT2D eigenvalue weighted by Crippen LogP contribution is -2.09. The number of hydrogen-bond donors (Lipinski definition) is 1. The average Bonchev–Trinajstić information content (AvgIpc) is 2.88. The third kappa shape index (κ3) is 3.81. The first-order valence-electron chi connectivity index (χ1n) is 6.96. The van der Waals surface area contributed by atoms with Crippen LogP contribution in [0.15, 0.2) is 28.8 Å². The molecule has 5 heteroatoms. The molecule has 20 heavy (non-hydrogen) atoms. The molecule has 108 valence electrons. The van der Waals surface area contributed by atoms with Crippen LogP contribution >= 0.6 is 0 Å². The van der Waals surface area contributed by atoms with Crippen LogP contribution in [-0.2, 0) is 6.42 Å². The molecule has 0 amide bonds. The fourth-order valence-corrected chi connectivity index (χ4v) is 1.98. The van der Waals surface area contributed by atoms with Crippen molar-refractivity contribution in [3.8, 4) is 17.1 Å². The maximum atomic E-state index is 9.75. The van der Waals surface area contributed by atoms with Crippen LogP contribution in [0, 0.1) is 0 Å². The molecule has 2 aromatic rings. The molecule has 0 bridgehead atoms. The van der Waals surface area contributed by atoms with Gasteiger partial charge in [-0.3, -0.25) is 0 Å². The van der Waals surface area contributed by atoms with Crippen LogP contribution in [0.2, 0.25) is 0 Å². The second-order valence-corrected chi connectivity index (χ2v) is 4.62. The molecule has 1 atom stereocenters. The van der Waals surface area contributed by atoms with Gasteiger partial charge in [0.1, 0.15) is 5.75 Å². The van der Waals surface area contributed by atoms with Gasteiger partial charge in [0.15, 0.2) is 0 Å². The molecule has 1 unspecified atom stereocenters. The van der Waals surface area contributed by atoms with Crippen LogP contribution in [0.1, 0.15) is 32.6 Å². The first-order valence-corrected chi connectivity index (χ1v) is 6.96. The number of benzene rings is 1. The first kappa shape index (κ1) is 14.5. The molecule has 5 nitrogen and oxygen atoms in total. The summed E-state index contributed by atoms with van der Waals surface area (Å²) < 4.78 is 10.6. The largest absolute Gasteiger partial charge is 0.494 e. The van der Waals surface area contributed by atoms with Gasteiger partial charge in [-0.15, -0.1) is 0 Å². The van der Waals surface area contributed by atoms with Crippen LogP contribution in [0.5, 0.6) is 5.75 Å². The van der Waals surface area contributed by atoms with Crippen molar-refractivity contribution < 1.29 is 14.4 Å². The van der Waals surface area contributed by atoms with E-state index in [0.717, 1.165) is 24.2 Å². The standard InChI is InChI=1S/C15H20N2O3/c1-3-6-12(18)10-14-16-15(17-20-14)11-7-5-8-13(9-11)19-4-2/h5,7-9,12,18H,3-4,6,10H2,1-2H3. The normalized spacial score (nSPS) is 12.3. The number of nitrogens with zero attached hydrogens (tertiary/aromatic N) is 2. The Morgan fingerprint density at radius 1 is 1.35 bits per heavy atom. The molecule has 1 aromatic carbocycles. The third-order valence-corrected chi connectivity index (χ3v) is 2.90. The molecule has 1 heterocycles. The predicted molar refractivity (Wildman–Crippen MR) is 75.5 cm³/mol. The summed E-state index contributed by atoms with van der Waals surface area (Å²) in [5.74, 6) is 1.76. The highest BCUT2D eigenvalue weighted by molar-refractivity contribution is 5.56. The maximum absolute atomic E-state index is 9.75. The van der Waals surface area contributed by atoms with Gasteiger partial charge in [-0.2, -0.15) is 4.98 Å². The van der Waals surface area contributed by atoms with E-state index in [1.807, 2.05) is 38.1 Å². The van der Waals surface area contributed by atoms with E-state index in [1.165, 1.54) is 0 Å².